The molecule has 19 heavy (non-hydrogen) atoms. The Morgan fingerprint density at radius 1 is 1.26 bits per heavy atom. The third-order valence-electron chi connectivity index (χ3n) is 2.39. The van der Waals surface area contributed by atoms with Gasteiger partial charge in [0.15, 0.2) is 0 Å². The van der Waals surface area contributed by atoms with E-state index in [4.69, 9.17) is 16.3 Å². The quantitative estimate of drug-likeness (QED) is 0.866. The lowest BCUT2D eigenvalue weighted by molar-refractivity contribution is 0.0526. The van der Waals surface area contributed by atoms with Crippen LogP contribution in [-0.4, -0.2) is 17.6 Å². The van der Waals surface area contributed by atoms with Crippen molar-refractivity contribution in [3.63, 3.8) is 0 Å². The van der Waals surface area contributed by atoms with Crippen LogP contribution in [0.2, 0.25) is 5.02 Å². The lowest BCUT2D eigenvalue weighted by atomic mass is 10.2. The number of benzene rings is 1. The number of pyridine rings is 1. The molecule has 1 N–H and O–H groups in total. The molecule has 0 atom stereocenters. The number of carbonyl (C=O) groups is 1. The summed E-state index contributed by atoms with van der Waals surface area (Å²) in [5.74, 6) is -0.321. The minimum Gasteiger partial charge on any atom is -0.462 e. The molecule has 0 aliphatic heterocycles. The molecule has 1 aromatic heterocycles. The van der Waals surface area contributed by atoms with Gasteiger partial charge in [-0.1, -0.05) is 11.6 Å². The van der Waals surface area contributed by atoms with E-state index in [1.54, 1.807) is 49.6 Å². The van der Waals surface area contributed by atoms with Crippen LogP contribution >= 0.6 is 11.6 Å². The predicted molar refractivity (Wildman–Crippen MR) is 74.9 cm³/mol. The Hall–Kier alpha value is -2.07. The first-order chi connectivity index (χ1) is 9.19. The maximum absolute atomic E-state index is 11.5. The average molecular weight is 277 g/mol. The molecule has 4 nitrogen and oxygen atoms in total. The first-order valence-corrected chi connectivity index (χ1v) is 6.21. The van der Waals surface area contributed by atoms with Crippen LogP contribution in [0.15, 0.2) is 42.7 Å². The predicted octanol–water partition coefficient (Wildman–Crippen LogP) is 3.66. The van der Waals surface area contributed by atoms with Crippen molar-refractivity contribution in [2.24, 2.45) is 0 Å². The van der Waals surface area contributed by atoms with Crippen LogP contribution in [0.5, 0.6) is 0 Å². The van der Waals surface area contributed by atoms with Crippen molar-refractivity contribution in [2.45, 2.75) is 6.92 Å². The van der Waals surface area contributed by atoms with Crippen molar-refractivity contribution in [2.75, 3.05) is 11.9 Å². The summed E-state index contributed by atoms with van der Waals surface area (Å²) < 4.78 is 4.92. The summed E-state index contributed by atoms with van der Waals surface area (Å²) in [6.07, 6.45) is 3.24. The van der Waals surface area contributed by atoms with E-state index in [1.165, 1.54) is 0 Å². The number of hydrogen-bond donors (Lipinski definition) is 1. The Kier molecular flexibility index (Phi) is 4.36. The van der Waals surface area contributed by atoms with Crippen LogP contribution in [0.1, 0.15) is 17.3 Å². The molecule has 0 spiro atoms. The summed E-state index contributed by atoms with van der Waals surface area (Å²) >= 11 is 5.85. The summed E-state index contributed by atoms with van der Waals surface area (Å²) in [5.41, 5.74) is 2.16. The molecule has 5 heteroatoms. The number of ether oxygens (including phenoxy) is 1. The highest BCUT2D eigenvalue weighted by Crippen LogP contribution is 2.19. The molecule has 0 bridgehead atoms. The smallest absolute Gasteiger partial charge is 0.338 e. The summed E-state index contributed by atoms with van der Waals surface area (Å²) in [7, 11) is 0. The van der Waals surface area contributed by atoms with Gasteiger partial charge in [-0.05, 0) is 37.3 Å². The van der Waals surface area contributed by atoms with E-state index in [0.29, 0.717) is 17.2 Å². The Morgan fingerprint density at radius 2 is 2.00 bits per heavy atom. The average Bonchev–Trinajstić information content (AvgIpc) is 2.40. The second-order valence-electron chi connectivity index (χ2n) is 3.81. The summed E-state index contributed by atoms with van der Waals surface area (Å²) in [6, 6.07) is 8.78. The molecule has 1 heterocycles. The lowest BCUT2D eigenvalue weighted by Crippen LogP contribution is -2.04. The number of nitrogens with one attached hydrogen (secondary N) is 1. The fourth-order valence-corrected chi connectivity index (χ4v) is 1.72. The Labute approximate surface area is 116 Å². The highest BCUT2D eigenvalue weighted by atomic mass is 35.5. The minimum atomic E-state index is -0.321. The van der Waals surface area contributed by atoms with E-state index in [1.807, 2.05) is 0 Å². The second-order valence-corrected chi connectivity index (χ2v) is 4.25. The number of hydrogen-bond acceptors (Lipinski definition) is 4. The monoisotopic (exact) mass is 276 g/mol. The molecule has 0 aliphatic rings. The van der Waals surface area contributed by atoms with E-state index >= 15 is 0 Å². The van der Waals surface area contributed by atoms with E-state index in [9.17, 15) is 4.79 Å². The first kappa shape index (κ1) is 13.4. The number of nitrogens with zero attached hydrogens (tertiary/aromatic N) is 1. The van der Waals surface area contributed by atoms with Crippen LogP contribution in [0.3, 0.4) is 0 Å². The SMILES string of the molecule is CCOC(=O)c1ccc(Nc2cncc(Cl)c2)cc1. The van der Waals surface area contributed by atoms with E-state index in [-0.39, 0.29) is 5.97 Å². The zero-order valence-corrected chi connectivity index (χ0v) is 11.1. The van der Waals surface area contributed by atoms with Crippen molar-refractivity contribution in [3.8, 4) is 0 Å². The third-order valence-corrected chi connectivity index (χ3v) is 2.60. The van der Waals surface area contributed by atoms with Crippen LogP contribution in [0, 0.1) is 0 Å². The molecular weight excluding hydrogens is 264 g/mol. The van der Waals surface area contributed by atoms with Gasteiger partial charge in [0.05, 0.1) is 29.1 Å². The third kappa shape index (κ3) is 3.69. The standard InChI is InChI=1S/C14H13ClN2O2/c1-2-19-14(18)10-3-5-12(6-4-10)17-13-7-11(15)8-16-9-13/h3-9,17H,2H2,1H3. The van der Waals surface area contributed by atoms with Gasteiger partial charge in [0.1, 0.15) is 0 Å². The van der Waals surface area contributed by atoms with Gasteiger partial charge in [-0.25, -0.2) is 4.79 Å². The molecule has 1 aromatic carbocycles. The molecule has 0 amide bonds. The zero-order chi connectivity index (χ0) is 13.7. The number of anilines is 2. The summed E-state index contributed by atoms with van der Waals surface area (Å²) in [6.45, 7) is 2.15. The highest BCUT2D eigenvalue weighted by molar-refractivity contribution is 6.30. The number of aromatic nitrogens is 1. The molecule has 0 saturated heterocycles. The van der Waals surface area contributed by atoms with Crippen molar-refractivity contribution in [3.05, 3.63) is 53.3 Å². The molecule has 2 rings (SSSR count). The van der Waals surface area contributed by atoms with Gasteiger partial charge >= 0.3 is 5.97 Å². The van der Waals surface area contributed by atoms with Gasteiger partial charge < -0.3 is 10.1 Å². The Morgan fingerprint density at radius 3 is 2.63 bits per heavy atom. The molecular formula is C14H13ClN2O2. The van der Waals surface area contributed by atoms with Crippen LogP contribution in [-0.2, 0) is 4.74 Å². The van der Waals surface area contributed by atoms with Crippen LogP contribution in [0.25, 0.3) is 0 Å². The lowest BCUT2D eigenvalue weighted by Gasteiger charge is -2.07. The fraction of sp³-hybridized carbons (Fsp3) is 0.143. The largest absolute Gasteiger partial charge is 0.462 e. The number of carbonyl (C=O) groups excluding carboxylic acids is 1. The molecule has 0 fully saturated rings. The summed E-state index contributed by atoms with van der Waals surface area (Å²) in [4.78, 5) is 15.5. The van der Waals surface area contributed by atoms with Crippen molar-refractivity contribution in [1.29, 1.82) is 0 Å². The van der Waals surface area contributed by atoms with Gasteiger partial charge in [0, 0.05) is 11.9 Å². The Bertz CT molecular complexity index is 570. The van der Waals surface area contributed by atoms with Gasteiger partial charge in [-0.2, -0.15) is 0 Å². The van der Waals surface area contributed by atoms with Gasteiger partial charge in [0.2, 0.25) is 0 Å². The minimum absolute atomic E-state index is 0.321. The van der Waals surface area contributed by atoms with E-state index in [2.05, 4.69) is 10.3 Å². The van der Waals surface area contributed by atoms with Gasteiger partial charge in [-0.15, -0.1) is 0 Å². The first-order valence-electron chi connectivity index (χ1n) is 5.84. The molecule has 0 saturated carbocycles. The van der Waals surface area contributed by atoms with Gasteiger partial charge in [-0.3, -0.25) is 4.98 Å². The number of halogens is 1. The number of rotatable bonds is 4. The van der Waals surface area contributed by atoms with Gasteiger partial charge in [0.25, 0.3) is 0 Å². The van der Waals surface area contributed by atoms with Crippen molar-refractivity contribution < 1.29 is 9.53 Å². The molecule has 0 unspecified atom stereocenters. The van der Waals surface area contributed by atoms with Crippen molar-refractivity contribution in [1.82, 2.24) is 4.98 Å². The second kappa shape index (κ2) is 6.20. The van der Waals surface area contributed by atoms with Crippen LogP contribution in [0.4, 0.5) is 11.4 Å². The normalized spacial score (nSPS) is 10.0. The zero-order valence-electron chi connectivity index (χ0n) is 10.4. The molecule has 0 radical (unpaired) electrons. The summed E-state index contributed by atoms with van der Waals surface area (Å²) in [5, 5.41) is 3.71. The Balaban J connectivity index is 2.08. The maximum Gasteiger partial charge on any atom is 0.338 e. The van der Waals surface area contributed by atoms with Crippen LogP contribution < -0.4 is 5.32 Å². The molecule has 2 aromatic rings. The van der Waals surface area contributed by atoms with E-state index < -0.39 is 0 Å². The molecule has 98 valence electrons. The van der Waals surface area contributed by atoms with E-state index in [0.717, 1.165) is 11.4 Å². The fourth-order valence-electron chi connectivity index (χ4n) is 1.55. The highest BCUT2D eigenvalue weighted by Gasteiger charge is 2.05. The number of esters is 1. The van der Waals surface area contributed by atoms with Crippen molar-refractivity contribution >= 4 is 28.9 Å². The maximum atomic E-state index is 11.5. The topological polar surface area (TPSA) is 51.2 Å². The molecule has 0 aliphatic carbocycles.